The van der Waals surface area contributed by atoms with Crippen LogP contribution in [0.25, 0.3) is 0 Å². The molecular weight excluding hydrogens is 348 g/mol. The van der Waals surface area contributed by atoms with Gasteiger partial charge in [-0.3, -0.25) is 9.10 Å². The predicted octanol–water partition coefficient (Wildman–Crippen LogP) is 3.41. The van der Waals surface area contributed by atoms with E-state index in [0.29, 0.717) is 5.69 Å². The van der Waals surface area contributed by atoms with Gasteiger partial charge in [0.15, 0.2) is 0 Å². The molecule has 0 saturated heterocycles. The van der Waals surface area contributed by atoms with Crippen LogP contribution in [0.3, 0.4) is 0 Å². The lowest BCUT2D eigenvalue weighted by atomic mass is 10.1. The fourth-order valence-corrected chi connectivity index (χ4v) is 4.08. The first-order chi connectivity index (χ1) is 12.3. The summed E-state index contributed by atoms with van der Waals surface area (Å²) in [6, 6.07) is 13.6. The molecule has 0 aliphatic heterocycles. The number of aryl methyl sites for hydroxylation is 1. The van der Waals surface area contributed by atoms with Crippen molar-refractivity contribution < 1.29 is 13.2 Å². The van der Waals surface area contributed by atoms with Gasteiger partial charge in [-0.1, -0.05) is 37.3 Å². The van der Waals surface area contributed by atoms with Crippen LogP contribution in [0.5, 0.6) is 0 Å². The molecule has 2 aromatic rings. The predicted molar refractivity (Wildman–Crippen MR) is 105 cm³/mol. The van der Waals surface area contributed by atoms with Gasteiger partial charge in [-0.25, -0.2) is 8.42 Å². The maximum absolute atomic E-state index is 13.2. The normalized spacial score (nSPS) is 12.5. The van der Waals surface area contributed by atoms with Gasteiger partial charge in [-0.15, -0.1) is 0 Å². The third kappa shape index (κ3) is 4.43. The van der Waals surface area contributed by atoms with Crippen molar-refractivity contribution in [1.82, 2.24) is 5.32 Å². The number of amides is 1. The van der Waals surface area contributed by atoms with Gasteiger partial charge in [0.1, 0.15) is 6.54 Å². The summed E-state index contributed by atoms with van der Waals surface area (Å²) in [4.78, 5) is 12.6. The highest BCUT2D eigenvalue weighted by Gasteiger charge is 2.28. The Morgan fingerprint density at radius 3 is 2.35 bits per heavy atom. The third-order valence-electron chi connectivity index (χ3n) is 4.48. The number of rotatable bonds is 7. The molecule has 6 heteroatoms. The molecule has 0 bridgehead atoms. The maximum Gasteiger partial charge on any atom is 0.264 e. The quantitative estimate of drug-likeness (QED) is 0.808. The lowest BCUT2D eigenvalue weighted by Gasteiger charge is -2.27. The topological polar surface area (TPSA) is 66.5 Å². The van der Waals surface area contributed by atoms with Gasteiger partial charge in [-0.2, -0.15) is 0 Å². The minimum atomic E-state index is -3.86. The van der Waals surface area contributed by atoms with E-state index in [4.69, 9.17) is 0 Å². The molecule has 1 atom stereocenters. The molecule has 0 aliphatic carbocycles. The fourth-order valence-electron chi connectivity index (χ4n) is 2.58. The third-order valence-corrected chi connectivity index (χ3v) is 6.26. The highest BCUT2D eigenvalue weighted by atomic mass is 32.2. The smallest absolute Gasteiger partial charge is 0.264 e. The summed E-state index contributed by atoms with van der Waals surface area (Å²) in [5.74, 6) is -0.320. The van der Waals surface area contributed by atoms with Crippen molar-refractivity contribution in [3.05, 3.63) is 59.7 Å². The Balaban J connectivity index is 2.49. The largest absolute Gasteiger partial charge is 0.352 e. The van der Waals surface area contributed by atoms with Crippen molar-refractivity contribution in [2.75, 3.05) is 10.8 Å². The van der Waals surface area contributed by atoms with Crippen LogP contribution >= 0.6 is 0 Å². The highest BCUT2D eigenvalue weighted by Crippen LogP contribution is 2.28. The first-order valence-corrected chi connectivity index (χ1v) is 10.1. The molecule has 5 nitrogen and oxygen atoms in total. The SMILES string of the molecule is CC[C@@H](C)NC(=O)CN(c1cccc(C)c1C)S(=O)(=O)c1ccccc1. The minimum Gasteiger partial charge on any atom is -0.352 e. The minimum absolute atomic E-state index is 0.0117. The molecule has 1 amide bonds. The van der Waals surface area contributed by atoms with Gasteiger partial charge in [-0.05, 0) is 56.5 Å². The number of hydrogen-bond donors (Lipinski definition) is 1. The summed E-state index contributed by atoms with van der Waals surface area (Å²) in [6.45, 7) is 7.39. The van der Waals surface area contributed by atoms with Crippen LogP contribution < -0.4 is 9.62 Å². The molecule has 0 aromatic heterocycles. The summed E-state index contributed by atoms with van der Waals surface area (Å²) < 4.78 is 27.7. The van der Waals surface area contributed by atoms with Crippen molar-refractivity contribution in [2.24, 2.45) is 0 Å². The average Bonchev–Trinajstić information content (AvgIpc) is 2.63. The van der Waals surface area contributed by atoms with Gasteiger partial charge >= 0.3 is 0 Å². The molecule has 26 heavy (non-hydrogen) atoms. The summed E-state index contributed by atoms with van der Waals surface area (Å²) in [5.41, 5.74) is 2.33. The second-order valence-corrected chi connectivity index (χ2v) is 8.28. The second-order valence-electron chi connectivity index (χ2n) is 6.42. The first kappa shape index (κ1) is 20.0. The number of benzene rings is 2. The summed E-state index contributed by atoms with van der Waals surface area (Å²) in [6.07, 6.45) is 0.778. The Bertz CT molecular complexity index is 864. The number of nitrogens with zero attached hydrogens (tertiary/aromatic N) is 1. The summed E-state index contributed by atoms with van der Waals surface area (Å²) >= 11 is 0. The number of anilines is 1. The van der Waals surface area contributed by atoms with Crippen LogP contribution in [0.15, 0.2) is 53.4 Å². The lowest BCUT2D eigenvalue weighted by molar-refractivity contribution is -0.120. The van der Waals surface area contributed by atoms with Gasteiger partial charge in [0.2, 0.25) is 5.91 Å². The van der Waals surface area contributed by atoms with Crippen molar-refractivity contribution in [3.8, 4) is 0 Å². The lowest BCUT2D eigenvalue weighted by Crippen LogP contribution is -2.43. The second kappa shape index (κ2) is 8.36. The Morgan fingerprint density at radius 1 is 1.08 bits per heavy atom. The number of carbonyl (C=O) groups is 1. The molecule has 0 saturated carbocycles. The maximum atomic E-state index is 13.2. The van der Waals surface area contributed by atoms with Crippen LogP contribution in [0.1, 0.15) is 31.4 Å². The number of sulfonamides is 1. The van der Waals surface area contributed by atoms with Crippen molar-refractivity contribution in [2.45, 2.75) is 45.1 Å². The zero-order valence-corrected chi connectivity index (χ0v) is 16.5. The zero-order valence-electron chi connectivity index (χ0n) is 15.7. The van der Waals surface area contributed by atoms with Crippen LogP contribution in [0, 0.1) is 13.8 Å². The molecule has 1 N–H and O–H groups in total. The molecule has 0 fully saturated rings. The number of nitrogens with one attached hydrogen (secondary N) is 1. The Hall–Kier alpha value is -2.34. The molecule has 0 heterocycles. The van der Waals surface area contributed by atoms with E-state index in [0.717, 1.165) is 17.5 Å². The molecule has 0 radical (unpaired) electrons. The number of hydrogen-bond acceptors (Lipinski definition) is 3. The average molecular weight is 375 g/mol. The van der Waals surface area contributed by atoms with Crippen LogP contribution in [-0.4, -0.2) is 26.9 Å². The first-order valence-electron chi connectivity index (χ1n) is 8.70. The molecule has 0 aliphatic rings. The number of carbonyl (C=O) groups excluding carboxylic acids is 1. The molecule has 2 rings (SSSR count). The zero-order chi connectivity index (χ0) is 19.3. The van der Waals surface area contributed by atoms with Crippen molar-refractivity contribution >= 4 is 21.6 Å². The molecule has 2 aromatic carbocycles. The summed E-state index contributed by atoms with van der Waals surface area (Å²) in [7, 11) is -3.86. The molecule has 140 valence electrons. The van der Waals surface area contributed by atoms with E-state index in [1.165, 1.54) is 4.31 Å². The van der Waals surface area contributed by atoms with Crippen LogP contribution in [0.2, 0.25) is 0 Å². The van der Waals surface area contributed by atoms with Gasteiger partial charge in [0.25, 0.3) is 10.0 Å². The van der Waals surface area contributed by atoms with Gasteiger partial charge in [0.05, 0.1) is 10.6 Å². The van der Waals surface area contributed by atoms with Gasteiger partial charge < -0.3 is 5.32 Å². The highest BCUT2D eigenvalue weighted by molar-refractivity contribution is 7.92. The van der Waals surface area contributed by atoms with E-state index in [1.54, 1.807) is 42.5 Å². The van der Waals surface area contributed by atoms with E-state index in [-0.39, 0.29) is 23.4 Å². The van der Waals surface area contributed by atoms with E-state index in [1.807, 2.05) is 33.8 Å². The Labute approximate surface area is 156 Å². The van der Waals surface area contributed by atoms with Crippen molar-refractivity contribution in [3.63, 3.8) is 0 Å². The monoisotopic (exact) mass is 374 g/mol. The molecule has 0 unspecified atom stereocenters. The van der Waals surface area contributed by atoms with Crippen molar-refractivity contribution in [1.29, 1.82) is 0 Å². The van der Waals surface area contributed by atoms with Gasteiger partial charge in [0, 0.05) is 6.04 Å². The summed E-state index contributed by atoms with van der Waals surface area (Å²) in [5, 5.41) is 2.84. The Kier molecular flexibility index (Phi) is 6.42. The fraction of sp³-hybridized carbons (Fsp3) is 0.350. The van der Waals surface area contributed by atoms with E-state index in [2.05, 4.69) is 5.32 Å². The van der Waals surface area contributed by atoms with Crippen LogP contribution in [-0.2, 0) is 14.8 Å². The Morgan fingerprint density at radius 2 is 1.73 bits per heavy atom. The standard InChI is InChI=1S/C20H26N2O3S/c1-5-16(3)21-20(23)14-22(19-13-9-10-15(2)17(19)4)26(24,25)18-11-7-6-8-12-18/h6-13,16H,5,14H2,1-4H3,(H,21,23)/t16-/m1/s1. The molecular formula is C20H26N2O3S. The van der Waals surface area contributed by atoms with E-state index in [9.17, 15) is 13.2 Å². The van der Waals surface area contributed by atoms with E-state index >= 15 is 0 Å². The molecule has 0 spiro atoms. The van der Waals surface area contributed by atoms with Crippen LogP contribution in [0.4, 0.5) is 5.69 Å². The van der Waals surface area contributed by atoms with E-state index < -0.39 is 10.0 Å².